The number of nitrogens with one attached hydrogen (secondary N) is 1. The molecule has 7 nitrogen and oxygen atoms in total. The third kappa shape index (κ3) is 3.54. The second kappa shape index (κ2) is 8.37. The molecule has 0 spiro atoms. The summed E-state index contributed by atoms with van der Waals surface area (Å²) in [6.07, 6.45) is 0. The van der Waals surface area contributed by atoms with E-state index in [0.717, 1.165) is 0 Å². The number of nitrogens with zero attached hydrogens (tertiary/aromatic N) is 5. The van der Waals surface area contributed by atoms with Crippen molar-refractivity contribution in [2.75, 3.05) is 11.1 Å². The largest absolute Gasteiger partial charge is 0.399 e. The van der Waals surface area contributed by atoms with Crippen LogP contribution in [0.5, 0.6) is 0 Å². The predicted octanol–water partition coefficient (Wildman–Crippen LogP) is 1.99. The van der Waals surface area contributed by atoms with E-state index in [-0.39, 0.29) is 63.1 Å². The van der Waals surface area contributed by atoms with Crippen molar-refractivity contribution in [1.29, 1.82) is 26.3 Å². The number of nitriles is 5. The van der Waals surface area contributed by atoms with Gasteiger partial charge in [-0.3, -0.25) is 0 Å². The number of nitrogen functional groups attached to an aromatic ring is 1. The maximum atomic E-state index is 9.39. The van der Waals surface area contributed by atoms with Gasteiger partial charge in [0.2, 0.25) is 0 Å². The Hall–Kier alpha value is -3.51. The molecule has 0 heterocycles. The minimum atomic E-state index is -0.282. The summed E-state index contributed by atoms with van der Waals surface area (Å²) in [6.45, 7) is 0. The molecule has 0 aliphatic carbocycles. The van der Waals surface area contributed by atoms with E-state index in [2.05, 4.69) is 5.32 Å². The molecule has 2 rings (SSSR count). The van der Waals surface area contributed by atoms with Gasteiger partial charge in [-0.05, 0) is 24.3 Å². The summed E-state index contributed by atoms with van der Waals surface area (Å²) in [6, 6.07) is 15.4. The Kier molecular flexibility index (Phi) is 6.54. The van der Waals surface area contributed by atoms with Crippen LogP contribution in [0.3, 0.4) is 0 Å². The minimum absolute atomic E-state index is 0. The minimum Gasteiger partial charge on any atom is -0.399 e. The molecule has 8 heteroatoms. The Labute approximate surface area is 166 Å². The zero-order valence-corrected chi connectivity index (χ0v) is 15.1. The molecule has 2 aromatic carbocycles. The molecule has 2 aromatic rings. The van der Waals surface area contributed by atoms with Gasteiger partial charge >= 0.3 is 0 Å². The first kappa shape index (κ1) is 19.5. The first-order valence-corrected chi connectivity index (χ1v) is 6.48. The predicted molar refractivity (Wildman–Crippen MR) is 89.9 cm³/mol. The Balaban J connectivity index is 0.00000312. The van der Waals surface area contributed by atoms with E-state index in [1.165, 1.54) is 0 Å². The maximum absolute atomic E-state index is 9.39. The van der Waals surface area contributed by atoms with Gasteiger partial charge in [0.15, 0.2) is 0 Å². The molecule has 0 fully saturated rings. The summed E-state index contributed by atoms with van der Waals surface area (Å²) in [7, 11) is 0. The smallest absolute Gasteiger partial charge is 0.103 e. The number of benzene rings is 2. The molecule has 0 aromatic heterocycles. The zero-order chi connectivity index (χ0) is 17.7. The molecule has 1 radical (unpaired) electrons. The summed E-state index contributed by atoms with van der Waals surface area (Å²) < 4.78 is 0. The Morgan fingerprint density at radius 3 is 1.36 bits per heavy atom. The average Bonchev–Trinajstić information content (AvgIpc) is 2.61. The third-order valence-corrected chi connectivity index (χ3v) is 3.24. The van der Waals surface area contributed by atoms with Crippen molar-refractivity contribution in [2.24, 2.45) is 0 Å². The number of anilines is 3. The van der Waals surface area contributed by atoms with Gasteiger partial charge in [0.05, 0.1) is 33.5 Å². The van der Waals surface area contributed by atoms with Crippen LogP contribution in [0.2, 0.25) is 0 Å². The van der Waals surface area contributed by atoms with Crippen molar-refractivity contribution >= 4 is 46.6 Å². The number of nitrogens with two attached hydrogens (primary N) is 1. The van der Waals surface area contributed by atoms with Gasteiger partial charge < -0.3 is 11.1 Å². The van der Waals surface area contributed by atoms with Crippen LogP contribution in [0.15, 0.2) is 24.3 Å². The molecular formula is C17H7N7Na. The van der Waals surface area contributed by atoms with Gasteiger partial charge in [-0.2, -0.15) is 26.3 Å². The van der Waals surface area contributed by atoms with E-state index in [4.69, 9.17) is 5.73 Å². The molecule has 0 atom stereocenters. The van der Waals surface area contributed by atoms with Crippen LogP contribution in [0.4, 0.5) is 17.1 Å². The van der Waals surface area contributed by atoms with Crippen molar-refractivity contribution in [3.05, 3.63) is 52.1 Å². The molecule has 25 heavy (non-hydrogen) atoms. The van der Waals surface area contributed by atoms with Crippen LogP contribution in [0, 0.1) is 56.7 Å². The summed E-state index contributed by atoms with van der Waals surface area (Å²) in [5.41, 5.74) is 5.56. The van der Waals surface area contributed by atoms with Crippen LogP contribution in [0.25, 0.3) is 0 Å². The fourth-order valence-corrected chi connectivity index (χ4v) is 2.14. The van der Waals surface area contributed by atoms with Crippen molar-refractivity contribution in [2.45, 2.75) is 0 Å². The van der Waals surface area contributed by atoms with Crippen LogP contribution >= 0.6 is 0 Å². The van der Waals surface area contributed by atoms with Crippen LogP contribution < -0.4 is 11.1 Å². The van der Waals surface area contributed by atoms with E-state index >= 15 is 0 Å². The normalized spacial score (nSPS) is 8.44. The molecule has 0 saturated heterocycles. The van der Waals surface area contributed by atoms with Crippen LogP contribution in [-0.4, -0.2) is 29.6 Å². The second-order valence-electron chi connectivity index (χ2n) is 4.56. The molecule has 0 unspecified atom stereocenters. The molecule has 0 bridgehead atoms. The Morgan fingerprint density at radius 2 is 1.00 bits per heavy atom. The van der Waals surface area contributed by atoms with Gasteiger partial charge in [0.1, 0.15) is 30.3 Å². The topological polar surface area (TPSA) is 157 Å². The summed E-state index contributed by atoms with van der Waals surface area (Å²) in [4.78, 5) is 0. The molecular weight excluding hydrogens is 325 g/mol. The van der Waals surface area contributed by atoms with Crippen LogP contribution in [-0.2, 0) is 0 Å². The quantitative estimate of drug-likeness (QED) is 0.628. The van der Waals surface area contributed by atoms with E-state index in [1.807, 2.05) is 12.1 Å². The fourth-order valence-electron chi connectivity index (χ4n) is 2.14. The van der Waals surface area contributed by atoms with Gasteiger partial charge in [-0.25, -0.2) is 0 Å². The third-order valence-electron chi connectivity index (χ3n) is 3.24. The average molecular weight is 332 g/mol. The van der Waals surface area contributed by atoms with Gasteiger partial charge in [-0.1, -0.05) is 0 Å². The van der Waals surface area contributed by atoms with Crippen LogP contribution in [0.1, 0.15) is 27.8 Å². The number of hydrogen-bond donors (Lipinski definition) is 2. The van der Waals surface area contributed by atoms with Crippen molar-refractivity contribution in [1.82, 2.24) is 0 Å². The molecule has 0 aliphatic heterocycles. The Bertz CT molecular complexity index is 983. The SMILES string of the molecule is N#Cc1c(C#N)c(C#N)c(Nc2ccc(N)cc2)c(C#N)c1C#N.[Na]. The van der Waals surface area contributed by atoms with E-state index in [9.17, 15) is 26.3 Å². The molecule has 0 amide bonds. The zero-order valence-electron chi connectivity index (χ0n) is 13.1. The summed E-state index contributed by atoms with van der Waals surface area (Å²) in [5.74, 6) is 0. The molecule has 111 valence electrons. The first-order chi connectivity index (χ1) is 11.6. The van der Waals surface area contributed by atoms with Gasteiger partial charge in [0, 0.05) is 40.9 Å². The van der Waals surface area contributed by atoms with Crippen molar-refractivity contribution in [3.63, 3.8) is 0 Å². The van der Waals surface area contributed by atoms with E-state index < -0.39 is 0 Å². The summed E-state index contributed by atoms with van der Waals surface area (Å²) >= 11 is 0. The molecule has 0 aliphatic rings. The Morgan fingerprint density at radius 1 is 0.640 bits per heavy atom. The standard InChI is InChI=1S/C17H7N7.Na/c18-5-12-13(6-19)15(8-21)17(16(9-22)14(12)7-20)24-11-3-1-10(23)2-4-11;/h1-4,24H,23H2;. The van der Waals surface area contributed by atoms with Gasteiger partial charge in [0.25, 0.3) is 0 Å². The fraction of sp³-hybridized carbons (Fsp3) is 0. The number of rotatable bonds is 2. The number of hydrogen-bond acceptors (Lipinski definition) is 7. The van der Waals surface area contributed by atoms with Crippen molar-refractivity contribution in [3.8, 4) is 30.3 Å². The molecule has 3 N–H and O–H groups in total. The summed E-state index contributed by atoms with van der Waals surface area (Å²) in [5, 5.41) is 49.4. The first-order valence-electron chi connectivity index (χ1n) is 6.48. The van der Waals surface area contributed by atoms with E-state index in [1.54, 1.807) is 42.5 Å². The van der Waals surface area contributed by atoms with Crippen molar-refractivity contribution < 1.29 is 0 Å². The molecule has 0 saturated carbocycles. The monoisotopic (exact) mass is 332 g/mol. The second-order valence-corrected chi connectivity index (χ2v) is 4.56. The maximum Gasteiger partial charge on any atom is 0.103 e. The van der Waals surface area contributed by atoms with E-state index in [0.29, 0.717) is 11.4 Å². The van der Waals surface area contributed by atoms with Gasteiger partial charge in [-0.15, -0.1) is 0 Å².